The highest BCUT2D eigenvalue weighted by Crippen LogP contribution is 2.44. The molecule has 2 aliphatic carbocycles. The quantitative estimate of drug-likeness (QED) is 0.383. The highest BCUT2D eigenvalue weighted by atomic mass is 32.1. The predicted molar refractivity (Wildman–Crippen MR) is 109 cm³/mol. The summed E-state index contributed by atoms with van der Waals surface area (Å²) >= 11 is 1.78. The molecule has 1 fully saturated rings. The second-order valence-corrected chi connectivity index (χ2v) is 8.35. The number of oxime groups is 1. The first-order valence-corrected chi connectivity index (χ1v) is 10.3. The van der Waals surface area contributed by atoms with E-state index in [4.69, 9.17) is 0 Å². The Hall–Kier alpha value is -2.66. The summed E-state index contributed by atoms with van der Waals surface area (Å²) in [7, 11) is 0. The number of nitrogens with one attached hydrogen (secondary N) is 1. The molecule has 1 atom stereocenters. The third-order valence-electron chi connectivity index (χ3n) is 5.97. The Bertz CT molecular complexity index is 1000. The van der Waals surface area contributed by atoms with Crippen LogP contribution in [0.1, 0.15) is 46.7 Å². The van der Waals surface area contributed by atoms with Crippen molar-refractivity contribution in [1.29, 1.82) is 0 Å². The summed E-state index contributed by atoms with van der Waals surface area (Å²) in [6.07, 6.45) is 8.63. The van der Waals surface area contributed by atoms with Gasteiger partial charge in [-0.1, -0.05) is 60.1 Å². The van der Waals surface area contributed by atoms with Gasteiger partial charge in [0.1, 0.15) is 11.4 Å². The van der Waals surface area contributed by atoms with Gasteiger partial charge in [0, 0.05) is 28.5 Å². The second kappa shape index (κ2) is 6.50. The van der Waals surface area contributed by atoms with E-state index in [9.17, 15) is 5.21 Å². The van der Waals surface area contributed by atoms with E-state index in [1.54, 1.807) is 11.3 Å². The Labute approximate surface area is 162 Å². The maximum atomic E-state index is 9.58. The molecular weight excluding hydrogens is 354 g/mol. The standard InChI is InChI=1S/C22H21N3OS/c26-25-20(15-6-4-7-15)21-17-11-12-22(14-18(17)23-24-21,19-10-5-13-27-19)16-8-2-1-3-9-16/h1-3,5,8-13,15,26H,4,6-7,14H2,(H,23,24). The smallest absolute Gasteiger partial charge is 0.117 e. The van der Waals surface area contributed by atoms with E-state index in [2.05, 4.69) is 75.3 Å². The highest BCUT2D eigenvalue weighted by Gasteiger charge is 2.38. The van der Waals surface area contributed by atoms with Gasteiger partial charge in [-0.25, -0.2) is 0 Å². The molecule has 2 heterocycles. The molecule has 1 unspecified atom stereocenters. The summed E-state index contributed by atoms with van der Waals surface area (Å²) in [5, 5.41) is 23.1. The molecule has 2 aliphatic rings. The fourth-order valence-electron chi connectivity index (χ4n) is 4.24. The third kappa shape index (κ3) is 2.57. The average molecular weight is 375 g/mol. The van der Waals surface area contributed by atoms with E-state index < -0.39 is 0 Å². The number of nitrogens with zero attached hydrogens (tertiary/aromatic N) is 2. The molecule has 27 heavy (non-hydrogen) atoms. The van der Waals surface area contributed by atoms with E-state index in [1.807, 2.05) is 0 Å². The lowest BCUT2D eigenvalue weighted by atomic mass is 9.71. The lowest BCUT2D eigenvalue weighted by Crippen LogP contribution is -2.30. The van der Waals surface area contributed by atoms with E-state index in [0.717, 1.165) is 41.9 Å². The van der Waals surface area contributed by atoms with E-state index in [1.165, 1.54) is 16.9 Å². The van der Waals surface area contributed by atoms with Gasteiger partial charge in [-0.3, -0.25) is 5.10 Å². The van der Waals surface area contributed by atoms with Crippen LogP contribution in [0.25, 0.3) is 6.08 Å². The van der Waals surface area contributed by atoms with Crippen LogP contribution in [-0.4, -0.2) is 21.1 Å². The summed E-state index contributed by atoms with van der Waals surface area (Å²) in [6.45, 7) is 0. The van der Waals surface area contributed by atoms with Crippen LogP contribution in [0.15, 0.2) is 59.1 Å². The topological polar surface area (TPSA) is 61.3 Å². The van der Waals surface area contributed by atoms with Crippen molar-refractivity contribution in [2.75, 3.05) is 0 Å². The number of aromatic amines is 1. The zero-order chi connectivity index (χ0) is 18.3. The van der Waals surface area contributed by atoms with Crippen molar-refractivity contribution >= 4 is 23.1 Å². The molecule has 5 heteroatoms. The number of rotatable bonds is 4. The van der Waals surface area contributed by atoms with E-state index in [-0.39, 0.29) is 5.41 Å². The normalized spacial score (nSPS) is 22.4. The van der Waals surface area contributed by atoms with Crippen LogP contribution >= 0.6 is 11.3 Å². The zero-order valence-electron chi connectivity index (χ0n) is 14.9. The molecule has 0 radical (unpaired) electrons. The largest absolute Gasteiger partial charge is 0.411 e. The first kappa shape index (κ1) is 16.5. The van der Waals surface area contributed by atoms with Crippen LogP contribution in [0, 0.1) is 5.92 Å². The maximum Gasteiger partial charge on any atom is 0.117 e. The molecule has 3 aromatic rings. The molecule has 4 nitrogen and oxygen atoms in total. The molecule has 136 valence electrons. The molecule has 1 aromatic carbocycles. The van der Waals surface area contributed by atoms with Crippen molar-refractivity contribution in [3.8, 4) is 0 Å². The van der Waals surface area contributed by atoms with Crippen molar-refractivity contribution in [2.45, 2.75) is 31.1 Å². The van der Waals surface area contributed by atoms with Crippen LogP contribution in [0.3, 0.4) is 0 Å². The van der Waals surface area contributed by atoms with Gasteiger partial charge in [0.05, 0.1) is 5.41 Å². The number of benzene rings is 1. The first-order chi connectivity index (χ1) is 13.3. The Morgan fingerprint density at radius 1 is 1.19 bits per heavy atom. The lowest BCUT2D eigenvalue weighted by molar-refractivity contribution is 0.305. The molecule has 0 saturated heterocycles. The Morgan fingerprint density at radius 3 is 2.70 bits per heavy atom. The van der Waals surface area contributed by atoms with Crippen molar-refractivity contribution in [1.82, 2.24) is 10.2 Å². The fraction of sp³-hybridized carbons (Fsp3) is 0.273. The van der Waals surface area contributed by atoms with Crippen molar-refractivity contribution in [3.63, 3.8) is 0 Å². The summed E-state index contributed by atoms with van der Waals surface area (Å²) in [5.74, 6) is 0.328. The minimum Gasteiger partial charge on any atom is -0.411 e. The van der Waals surface area contributed by atoms with Gasteiger partial charge in [0.2, 0.25) is 0 Å². The number of hydrogen-bond acceptors (Lipinski definition) is 4. The minimum absolute atomic E-state index is 0.195. The first-order valence-electron chi connectivity index (χ1n) is 9.40. The van der Waals surface area contributed by atoms with Gasteiger partial charge in [-0.05, 0) is 29.9 Å². The maximum absolute atomic E-state index is 9.58. The van der Waals surface area contributed by atoms with Crippen LogP contribution in [-0.2, 0) is 11.8 Å². The number of H-pyrrole nitrogens is 1. The zero-order valence-corrected chi connectivity index (χ0v) is 15.7. The van der Waals surface area contributed by atoms with E-state index >= 15 is 0 Å². The molecule has 0 spiro atoms. The summed E-state index contributed by atoms with van der Waals surface area (Å²) in [5.41, 5.74) is 4.79. The summed E-state index contributed by atoms with van der Waals surface area (Å²) in [6, 6.07) is 15.0. The van der Waals surface area contributed by atoms with Gasteiger partial charge < -0.3 is 5.21 Å². The molecule has 1 saturated carbocycles. The Balaban J connectivity index is 1.60. The monoisotopic (exact) mass is 375 g/mol. The van der Waals surface area contributed by atoms with Crippen LogP contribution in [0.5, 0.6) is 0 Å². The van der Waals surface area contributed by atoms with Crippen LogP contribution in [0.4, 0.5) is 0 Å². The molecule has 0 aliphatic heterocycles. The van der Waals surface area contributed by atoms with Crippen molar-refractivity contribution in [3.05, 3.63) is 81.3 Å². The predicted octanol–water partition coefficient (Wildman–Crippen LogP) is 5.01. The summed E-state index contributed by atoms with van der Waals surface area (Å²) < 4.78 is 0. The highest BCUT2D eigenvalue weighted by molar-refractivity contribution is 7.10. The average Bonchev–Trinajstić information content (AvgIpc) is 3.35. The molecule has 2 aromatic heterocycles. The van der Waals surface area contributed by atoms with Gasteiger partial charge in [0.15, 0.2) is 0 Å². The number of thiophene rings is 1. The molecule has 0 bridgehead atoms. The van der Waals surface area contributed by atoms with E-state index in [0.29, 0.717) is 5.92 Å². The van der Waals surface area contributed by atoms with Gasteiger partial charge >= 0.3 is 0 Å². The minimum atomic E-state index is -0.195. The van der Waals surface area contributed by atoms with Crippen molar-refractivity contribution < 1.29 is 5.21 Å². The Kier molecular flexibility index (Phi) is 3.97. The number of hydrogen-bond donors (Lipinski definition) is 2. The Morgan fingerprint density at radius 2 is 2.04 bits per heavy atom. The third-order valence-corrected chi connectivity index (χ3v) is 7.01. The number of aromatic nitrogens is 2. The molecule has 2 N–H and O–H groups in total. The van der Waals surface area contributed by atoms with Crippen LogP contribution in [0.2, 0.25) is 0 Å². The second-order valence-electron chi connectivity index (χ2n) is 7.40. The van der Waals surface area contributed by atoms with Crippen LogP contribution < -0.4 is 0 Å². The molecule has 5 rings (SSSR count). The van der Waals surface area contributed by atoms with Gasteiger partial charge in [0.25, 0.3) is 0 Å². The summed E-state index contributed by atoms with van der Waals surface area (Å²) in [4.78, 5) is 1.32. The lowest BCUT2D eigenvalue weighted by Gasteiger charge is -2.33. The van der Waals surface area contributed by atoms with Gasteiger partial charge in [-0.15, -0.1) is 11.3 Å². The van der Waals surface area contributed by atoms with Crippen molar-refractivity contribution in [2.24, 2.45) is 11.1 Å². The molecular formula is C22H21N3OS. The molecule has 0 amide bonds. The number of fused-ring (bicyclic) bond motifs is 1. The number of allylic oxidation sites excluding steroid dienone is 1. The fourth-order valence-corrected chi connectivity index (χ4v) is 5.17. The van der Waals surface area contributed by atoms with Gasteiger partial charge in [-0.2, -0.15) is 5.10 Å². The SMILES string of the molecule is ON=C(c1n[nH]c2c1C=CC(c1ccccc1)(c1cccs1)C2)C1CCC1.